The van der Waals surface area contributed by atoms with Crippen molar-refractivity contribution in [2.75, 3.05) is 13.7 Å². The van der Waals surface area contributed by atoms with Gasteiger partial charge >= 0.3 is 0 Å². The molecule has 0 atom stereocenters. The van der Waals surface area contributed by atoms with Crippen molar-refractivity contribution in [3.63, 3.8) is 0 Å². The highest BCUT2D eigenvalue weighted by Gasteiger charge is 2.07. The lowest BCUT2D eigenvalue weighted by Crippen LogP contribution is -2.43. The molecule has 6 heteroatoms. The van der Waals surface area contributed by atoms with Gasteiger partial charge in [0.2, 0.25) is 5.91 Å². The van der Waals surface area contributed by atoms with Gasteiger partial charge in [-0.2, -0.15) is 0 Å². The summed E-state index contributed by atoms with van der Waals surface area (Å²) >= 11 is 0. The predicted molar refractivity (Wildman–Crippen MR) is 65.1 cm³/mol. The first-order chi connectivity index (χ1) is 8.67. The van der Waals surface area contributed by atoms with Crippen LogP contribution in [0.25, 0.3) is 0 Å². The molecule has 1 aromatic rings. The molecule has 0 spiro atoms. The number of nitrogens with one attached hydrogen (secondary N) is 2. The zero-order valence-corrected chi connectivity index (χ0v) is 10.4. The highest BCUT2D eigenvalue weighted by Crippen LogP contribution is 2.25. The minimum absolute atomic E-state index is 0.204. The molecule has 6 nitrogen and oxygen atoms in total. The van der Waals surface area contributed by atoms with Gasteiger partial charge in [-0.1, -0.05) is 19.1 Å². The molecule has 0 aliphatic carbocycles. The Morgan fingerprint density at radius 1 is 1.11 bits per heavy atom. The first kappa shape index (κ1) is 13.8. The highest BCUT2D eigenvalue weighted by atomic mass is 16.5. The summed E-state index contributed by atoms with van der Waals surface area (Å²) in [5.74, 6) is 0.309. The van der Waals surface area contributed by atoms with E-state index >= 15 is 0 Å². The number of ether oxygens (including phenoxy) is 2. The molecule has 1 rings (SSSR count). The van der Waals surface area contributed by atoms with Crippen LogP contribution in [0.3, 0.4) is 0 Å². The Labute approximate surface area is 105 Å². The zero-order valence-electron chi connectivity index (χ0n) is 10.4. The molecular weight excluding hydrogens is 236 g/mol. The third-order valence-electron chi connectivity index (χ3n) is 2.09. The van der Waals surface area contributed by atoms with E-state index in [0.29, 0.717) is 17.9 Å². The molecule has 0 bridgehead atoms. The average Bonchev–Trinajstić information content (AvgIpc) is 2.42. The lowest BCUT2D eigenvalue weighted by Gasteiger charge is -2.10. The highest BCUT2D eigenvalue weighted by molar-refractivity contribution is 5.82. The molecule has 1 aromatic carbocycles. The van der Waals surface area contributed by atoms with E-state index in [9.17, 15) is 9.59 Å². The van der Waals surface area contributed by atoms with Crippen LogP contribution in [0.1, 0.15) is 13.3 Å². The Kier molecular flexibility index (Phi) is 5.50. The van der Waals surface area contributed by atoms with Crippen molar-refractivity contribution < 1.29 is 19.1 Å². The maximum Gasteiger partial charge on any atom is 0.276 e. The molecular formula is C12H16N2O4. The predicted octanol–water partition coefficient (Wildman–Crippen LogP) is 0.631. The van der Waals surface area contributed by atoms with E-state index in [1.807, 2.05) is 0 Å². The molecule has 0 radical (unpaired) electrons. The lowest BCUT2D eigenvalue weighted by atomic mass is 10.3. The number of carbonyl (C=O) groups excluding carboxylic acids is 2. The molecule has 0 aromatic heterocycles. The van der Waals surface area contributed by atoms with Gasteiger partial charge in [0.1, 0.15) is 0 Å². The van der Waals surface area contributed by atoms with Crippen molar-refractivity contribution in [2.24, 2.45) is 0 Å². The van der Waals surface area contributed by atoms with Gasteiger partial charge in [-0.05, 0) is 12.1 Å². The number of hydrazine groups is 1. The Morgan fingerprint density at radius 2 is 1.72 bits per heavy atom. The molecule has 0 saturated carbocycles. The number of rotatable bonds is 5. The van der Waals surface area contributed by atoms with Crippen LogP contribution >= 0.6 is 0 Å². The zero-order chi connectivity index (χ0) is 13.4. The SMILES string of the molecule is CCC(=O)NNC(=O)COc1ccccc1OC. The Hall–Kier alpha value is -2.24. The number of benzene rings is 1. The topological polar surface area (TPSA) is 76.7 Å². The fourth-order valence-electron chi connectivity index (χ4n) is 1.15. The largest absolute Gasteiger partial charge is 0.493 e. The monoisotopic (exact) mass is 252 g/mol. The minimum atomic E-state index is -0.442. The van der Waals surface area contributed by atoms with Crippen molar-refractivity contribution in [3.8, 4) is 11.5 Å². The van der Waals surface area contributed by atoms with Gasteiger partial charge in [-0.15, -0.1) is 0 Å². The van der Waals surface area contributed by atoms with Crippen LogP contribution in [0.4, 0.5) is 0 Å². The summed E-state index contributed by atoms with van der Waals surface area (Å²) in [7, 11) is 1.52. The molecule has 2 N–H and O–H groups in total. The molecule has 0 heterocycles. The van der Waals surface area contributed by atoms with Gasteiger partial charge in [0.25, 0.3) is 5.91 Å². The van der Waals surface area contributed by atoms with Gasteiger partial charge < -0.3 is 9.47 Å². The van der Waals surface area contributed by atoms with Crippen molar-refractivity contribution >= 4 is 11.8 Å². The van der Waals surface area contributed by atoms with Gasteiger partial charge in [0.15, 0.2) is 18.1 Å². The Balaban J connectivity index is 2.40. The molecule has 0 aliphatic heterocycles. The average molecular weight is 252 g/mol. The quantitative estimate of drug-likeness (QED) is 0.754. The maximum absolute atomic E-state index is 11.3. The van der Waals surface area contributed by atoms with Crippen LogP contribution in [0.15, 0.2) is 24.3 Å². The van der Waals surface area contributed by atoms with Gasteiger partial charge in [-0.25, -0.2) is 0 Å². The third-order valence-corrected chi connectivity index (χ3v) is 2.09. The summed E-state index contributed by atoms with van der Waals surface area (Å²) in [6, 6.07) is 6.99. The van der Waals surface area contributed by atoms with Crippen molar-refractivity contribution in [1.82, 2.24) is 10.9 Å². The smallest absolute Gasteiger partial charge is 0.276 e. The van der Waals surface area contributed by atoms with Crippen LogP contribution in [-0.2, 0) is 9.59 Å². The van der Waals surface area contributed by atoms with Crippen LogP contribution in [0.5, 0.6) is 11.5 Å². The Morgan fingerprint density at radius 3 is 2.33 bits per heavy atom. The number of hydrogen-bond donors (Lipinski definition) is 2. The molecule has 0 unspecified atom stereocenters. The van der Waals surface area contributed by atoms with Crippen molar-refractivity contribution in [1.29, 1.82) is 0 Å². The second kappa shape index (κ2) is 7.16. The second-order valence-electron chi connectivity index (χ2n) is 3.39. The van der Waals surface area contributed by atoms with Crippen LogP contribution < -0.4 is 20.3 Å². The molecule has 0 fully saturated rings. The minimum Gasteiger partial charge on any atom is -0.493 e. The summed E-state index contributed by atoms with van der Waals surface area (Å²) in [6.45, 7) is 1.48. The Bertz CT molecular complexity index is 420. The lowest BCUT2D eigenvalue weighted by molar-refractivity contribution is -0.129. The van der Waals surface area contributed by atoms with E-state index in [4.69, 9.17) is 9.47 Å². The van der Waals surface area contributed by atoms with E-state index in [0.717, 1.165) is 0 Å². The number of para-hydroxylation sites is 2. The van der Waals surface area contributed by atoms with E-state index < -0.39 is 5.91 Å². The second-order valence-corrected chi connectivity index (χ2v) is 3.39. The number of methoxy groups -OCH3 is 1. The first-order valence-corrected chi connectivity index (χ1v) is 5.50. The number of carbonyl (C=O) groups is 2. The van der Waals surface area contributed by atoms with E-state index in [2.05, 4.69) is 10.9 Å². The summed E-state index contributed by atoms with van der Waals surface area (Å²) in [4.78, 5) is 22.2. The maximum atomic E-state index is 11.3. The van der Waals surface area contributed by atoms with Crippen LogP contribution in [0.2, 0.25) is 0 Å². The summed E-state index contributed by atoms with van der Waals surface area (Å²) in [6.07, 6.45) is 0.299. The fraction of sp³-hybridized carbons (Fsp3) is 0.333. The molecule has 18 heavy (non-hydrogen) atoms. The molecule has 0 aliphatic rings. The summed E-state index contributed by atoms with van der Waals surface area (Å²) in [5.41, 5.74) is 4.48. The fourth-order valence-corrected chi connectivity index (χ4v) is 1.15. The standard InChI is InChI=1S/C12H16N2O4/c1-3-11(15)13-14-12(16)8-18-10-7-5-4-6-9(10)17-2/h4-7H,3,8H2,1-2H3,(H,13,15)(H,14,16). The molecule has 2 amide bonds. The normalized spacial score (nSPS) is 9.44. The summed E-state index contributed by atoms with van der Waals surface area (Å²) < 4.78 is 10.3. The summed E-state index contributed by atoms with van der Waals surface area (Å²) in [5, 5.41) is 0. The number of hydrogen-bond acceptors (Lipinski definition) is 4. The molecule has 98 valence electrons. The van der Waals surface area contributed by atoms with Crippen LogP contribution in [-0.4, -0.2) is 25.5 Å². The van der Waals surface area contributed by atoms with Gasteiger partial charge in [-0.3, -0.25) is 20.4 Å². The number of amides is 2. The first-order valence-electron chi connectivity index (χ1n) is 5.50. The molecule has 0 saturated heterocycles. The van der Waals surface area contributed by atoms with Crippen molar-refractivity contribution in [3.05, 3.63) is 24.3 Å². The van der Waals surface area contributed by atoms with E-state index in [1.54, 1.807) is 31.2 Å². The van der Waals surface area contributed by atoms with Crippen LogP contribution in [0, 0.1) is 0 Å². The van der Waals surface area contributed by atoms with E-state index in [1.165, 1.54) is 7.11 Å². The third kappa shape index (κ3) is 4.32. The van der Waals surface area contributed by atoms with Crippen molar-refractivity contribution in [2.45, 2.75) is 13.3 Å². The van der Waals surface area contributed by atoms with Gasteiger partial charge in [0.05, 0.1) is 7.11 Å². The van der Waals surface area contributed by atoms with Gasteiger partial charge in [0, 0.05) is 6.42 Å². The van der Waals surface area contributed by atoms with E-state index in [-0.39, 0.29) is 12.5 Å².